The zero-order chi connectivity index (χ0) is 14.1. The van der Waals surface area contributed by atoms with E-state index in [1.54, 1.807) is 0 Å². The zero-order valence-corrected chi connectivity index (χ0v) is 12.3. The molecule has 0 atom stereocenters. The number of rotatable bonds is 2. The van der Waals surface area contributed by atoms with Crippen LogP contribution in [0.1, 0.15) is 23.1 Å². The highest BCUT2D eigenvalue weighted by atomic mass is 32.1. The van der Waals surface area contributed by atoms with E-state index in [9.17, 15) is 0 Å². The van der Waals surface area contributed by atoms with E-state index in [1.807, 2.05) is 19.2 Å². The van der Waals surface area contributed by atoms with Gasteiger partial charge < -0.3 is 10.6 Å². The predicted molar refractivity (Wildman–Crippen MR) is 86.6 cm³/mol. The van der Waals surface area contributed by atoms with Crippen LogP contribution in [0.2, 0.25) is 0 Å². The number of para-hydroxylation sites is 1. The summed E-state index contributed by atoms with van der Waals surface area (Å²) in [6, 6.07) is 10.4. The zero-order valence-electron chi connectivity index (χ0n) is 11.5. The Morgan fingerprint density at radius 2 is 2.10 bits per heavy atom. The monoisotopic (exact) mass is 283 g/mol. The third-order valence-corrected chi connectivity index (χ3v) is 3.96. The molecule has 20 heavy (non-hydrogen) atoms. The van der Waals surface area contributed by atoms with Gasteiger partial charge in [0.15, 0.2) is 0 Å². The van der Waals surface area contributed by atoms with Gasteiger partial charge in [0.05, 0.1) is 5.56 Å². The molecule has 0 saturated carbocycles. The topological polar surface area (TPSA) is 42.2 Å². The van der Waals surface area contributed by atoms with Crippen molar-refractivity contribution in [3.63, 3.8) is 0 Å². The van der Waals surface area contributed by atoms with Gasteiger partial charge in [-0.2, -0.15) is 0 Å². The summed E-state index contributed by atoms with van der Waals surface area (Å²) >= 11 is 5.22. The van der Waals surface area contributed by atoms with Crippen molar-refractivity contribution in [1.82, 2.24) is 4.98 Å². The summed E-state index contributed by atoms with van der Waals surface area (Å²) in [4.78, 5) is 7.19. The first kappa shape index (κ1) is 13.1. The van der Waals surface area contributed by atoms with Crippen LogP contribution in [-0.4, -0.2) is 16.5 Å². The molecular weight excluding hydrogens is 266 g/mol. The van der Waals surface area contributed by atoms with Crippen molar-refractivity contribution in [3.8, 4) is 0 Å². The maximum absolute atomic E-state index is 5.91. The van der Waals surface area contributed by atoms with Crippen LogP contribution in [0.3, 0.4) is 0 Å². The lowest BCUT2D eigenvalue weighted by atomic mass is 10.0. The smallest absolute Gasteiger partial charge is 0.143 e. The molecule has 0 unspecified atom stereocenters. The molecule has 0 radical (unpaired) electrons. The molecule has 0 fully saturated rings. The van der Waals surface area contributed by atoms with Crippen LogP contribution in [0.15, 0.2) is 36.5 Å². The summed E-state index contributed by atoms with van der Waals surface area (Å²) in [5, 5.41) is 0. The van der Waals surface area contributed by atoms with Crippen molar-refractivity contribution >= 4 is 28.7 Å². The fourth-order valence-corrected chi connectivity index (χ4v) is 3.06. The third-order valence-electron chi connectivity index (χ3n) is 3.75. The minimum atomic E-state index is 0.411. The van der Waals surface area contributed by atoms with Gasteiger partial charge in [0.25, 0.3) is 0 Å². The second-order valence-corrected chi connectivity index (χ2v) is 5.51. The Morgan fingerprint density at radius 3 is 2.90 bits per heavy atom. The van der Waals surface area contributed by atoms with E-state index in [0.717, 1.165) is 36.3 Å². The van der Waals surface area contributed by atoms with Crippen molar-refractivity contribution in [2.24, 2.45) is 5.73 Å². The van der Waals surface area contributed by atoms with Crippen molar-refractivity contribution in [1.29, 1.82) is 0 Å². The summed E-state index contributed by atoms with van der Waals surface area (Å²) < 4.78 is 0. The standard InChI is InChI=1S/C16H17N3S/c1-11-8-9-18-16(14(11)15(17)20)19-10-4-6-12-5-2-3-7-13(12)19/h2-3,5,7-9H,4,6,10H2,1H3,(H2,17,20). The van der Waals surface area contributed by atoms with Gasteiger partial charge in [-0.3, -0.25) is 0 Å². The molecule has 0 amide bonds. The number of benzene rings is 1. The lowest BCUT2D eigenvalue weighted by Crippen LogP contribution is -2.28. The molecule has 1 aliphatic rings. The van der Waals surface area contributed by atoms with Crippen molar-refractivity contribution in [2.45, 2.75) is 19.8 Å². The van der Waals surface area contributed by atoms with Crippen LogP contribution in [-0.2, 0) is 6.42 Å². The van der Waals surface area contributed by atoms with Crippen LogP contribution < -0.4 is 10.6 Å². The second-order valence-electron chi connectivity index (χ2n) is 5.07. The van der Waals surface area contributed by atoms with E-state index in [1.165, 1.54) is 11.3 Å². The average molecular weight is 283 g/mol. The van der Waals surface area contributed by atoms with Gasteiger partial charge in [-0.05, 0) is 43.0 Å². The molecule has 1 aliphatic heterocycles. The Balaban J connectivity index is 2.16. The van der Waals surface area contributed by atoms with E-state index in [4.69, 9.17) is 18.0 Å². The highest BCUT2D eigenvalue weighted by Gasteiger charge is 2.22. The summed E-state index contributed by atoms with van der Waals surface area (Å²) in [6.07, 6.45) is 4.05. The van der Waals surface area contributed by atoms with Crippen LogP contribution in [0.5, 0.6) is 0 Å². The molecule has 3 nitrogen and oxygen atoms in total. The predicted octanol–water partition coefficient (Wildman–Crippen LogP) is 3.11. The van der Waals surface area contributed by atoms with Gasteiger partial charge in [0.1, 0.15) is 10.8 Å². The molecule has 4 heteroatoms. The van der Waals surface area contributed by atoms with Gasteiger partial charge in [0, 0.05) is 18.4 Å². The quantitative estimate of drug-likeness (QED) is 0.860. The summed E-state index contributed by atoms with van der Waals surface area (Å²) in [5.74, 6) is 0.879. The Bertz CT molecular complexity index is 667. The number of thiocarbonyl (C=S) groups is 1. The van der Waals surface area contributed by atoms with E-state index < -0.39 is 0 Å². The van der Waals surface area contributed by atoms with Crippen molar-refractivity contribution in [3.05, 3.63) is 53.2 Å². The minimum Gasteiger partial charge on any atom is -0.389 e. The molecule has 2 heterocycles. The lowest BCUT2D eigenvalue weighted by Gasteiger charge is -2.32. The molecule has 0 saturated heterocycles. The van der Waals surface area contributed by atoms with E-state index in [-0.39, 0.29) is 0 Å². The van der Waals surface area contributed by atoms with E-state index in [2.05, 4.69) is 34.1 Å². The SMILES string of the molecule is Cc1ccnc(N2CCCc3ccccc32)c1C(N)=S. The fourth-order valence-electron chi connectivity index (χ4n) is 2.81. The molecule has 0 spiro atoms. The fraction of sp³-hybridized carbons (Fsp3) is 0.250. The number of nitrogens with two attached hydrogens (primary N) is 1. The molecule has 2 aromatic rings. The van der Waals surface area contributed by atoms with Crippen LogP contribution in [0.4, 0.5) is 11.5 Å². The normalized spacial score (nSPS) is 13.9. The Labute approximate surface area is 124 Å². The highest BCUT2D eigenvalue weighted by molar-refractivity contribution is 7.80. The molecule has 0 bridgehead atoms. The Hall–Kier alpha value is -1.94. The summed E-state index contributed by atoms with van der Waals surface area (Å²) in [6.45, 7) is 2.97. The summed E-state index contributed by atoms with van der Waals surface area (Å²) in [7, 11) is 0. The first-order chi connectivity index (χ1) is 9.68. The van der Waals surface area contributed by atoms with Gasteiger partial charge in [-0.1, -0.05) is 30.4 Å². The number of aromatic nitrogens is 1. The highest BCUT2D eigenvalue weighted by Crippen LogP contribution is 2.34. The first-order valence-electron chi connectivity index (χ1n) is 6.79. The average Bonchev–Trinajstić information content (AvgIpc) is 2.46. The molecule has 2 N–H and O–H groups in total. The molecule has 1 aromatic carbocycles. The van der Waals surface area contributed by atoms with Gasteiger partial charge >= 0.3 is 0 Å². The first-order valence-corrected chi connectivity index (χ1v) is 7.20. The maximum atomic E-state index is 5.91. The Morgan fingerprint density at radius 1 is 1.30 bits per heavy atom. The van der Waals surface area contributed by atoms with E-state index in [0.29, 0.717) is 4.99 Å². The number of nitrogens with zero attached hydrogens (tertiary/aromatic N) is 2. The molecule has 3 rings (SSSR count). The molecule has 102 valence electrons. The number of anilines is 2. The van der Waals surface area contributed by atoms with Crippen LogP contribution in [0, 0.1) is 6.92 Å². The second kappa shape index (κ2) is 5.21. The lowest BCUT2D eigenvalue weighted by molar-refractivity contribution is 0.759. The molecular formula is C16H17N3S. The number of hydrogen-bond donors (Lipinski definition) is 1. The molecule has 0 aliphatic carbocycles. The number of hydrogen-bond acceptors (Lipinski definition) is 3. The largest absolute Gasteiger partial charge is 0.389 e. The summed E-state index contributed by atoms with van der Waals surface area (Å²) in [5.41, 5.74) is 10.4. The van der Waals surface area contributed by atoms with Gasteiger partial charge in [0.2, 0.25) is 0 Å². The number of aryl methyl sites for hydroxylation is 2. The van der Waals surface area contributed by atoms with Crippen LogP contribution >= 0.6 is 12.2 Å². The third kappa shape index (κ3) is 2.16. The Kier molecular flexibility index (Phi) is 3.40. The minimum absolute atomic E-state index is 0.411. The number of pyridine rings is 1. The number of fused-ring (bicyclic) bond motifs is 1. The van der Waals surface area contributed by atoms with Crippen molar-refractivity contribution in [2.75, 3.05) is 11.4 Å². The van der Waals surface area contributed by atoms with Gasteiger partial charge in [-0.15, -0.1) is 0 Å². The maximum Gasteiger partial charge on any atom is 0.143 e. The van der Waals surface area contributed by atoms with Gasteiger partial charge in [-0.25, -0.2) is 4.98 Å². The molecule has 1 aromatic heterocycles. The van der Waals surface area contributed by atoms with Crippen LogP contribution in [0.25, 0.3) is 0 Å². The van der Waals surface area contributed by atoms with E-state index >= 15 is 0 Å². The van der Waals surface area contributed by atoms with Crippen molar-refractivity contribution < 1.29 is 0 Å².